The van der Waals surface area contributed by atoms with Crippen molar-refractivity contribution in [2.24, 2.45) is 0 Å². The van der Waals surface area contributed by atoms with Gasteiger partial charge < -0.3 is 10.2 Å². The topological polar surface area (TPSA) is 15.3 Å². The summed E-state index contributed by atoms with van der Waals surface area (Å²) in [5, 5.41) is 3.56. The minimum atomic E-state index is 0.584. The third-order valence-corrected chi connectivity index (χ3v) is 4.72. The quantitative estimate of drug-likeness (QED) is 0.852. The first kappa shape index (κ1) is 14.4. The van der Waals surface area contributed by atoms with Crippen LogP contribution < -0.4 is 10.2 Å². The second kappa shape index (κ2) is 6.40. The first-order valence-corrected chi connectivity index (χ1v) is 8.15. The van der Waals surface area contributed by atoms with Gasteiger partial charge in [-0.05, 0) is 60.4 Å². The van der Waals surface area contributed by atoms with Gasteiger partial charge in [-0.2, -0.15) is 0 Å². The molecule has 18 heavy (non-hydrogen) atoms. The molecule has 0 aromatic heterocycles. The number of nitrogens with one attached hydrogen (secondary N) is 1. The van der Waals surface area contributed by atoms with Crippen LogP contribution in [0.3, 0.4) is 0 Å². The van der Waals surface area contributed by atoms with Gasteiger partial charge in [0.2, 0.25) is 0 Å². The van der Waals surface area contributed by atoms with Crippen LogP contribution in [0.2, 0.25) is 0 Å². The van der Waals surface area contributed by atoms with Crippen LogP contribution in [0, 0.1) is 0 Å². The van der Waals surface area contributed by atoms with Gasteiger partial charge in [-0.25, -0.2) is 0 Å². The molecule has 4 heteroatoms. The summed E-state index contributed by atoms with van der Waals surface area (Å²) in [6.07, 6.45) is 2.44. The highest BCUT2D eigenvalue weighted by atomic mass is 79.9. The van der Waals surface area contributed by atoms with E-state index in [0.717, 1.165) is 17.6 Å². The minimum Gasteiger partial charge on any atom is -0.368 e. The van der Waals surface area contributed by atoms with Gasteiger partial charge in [-0.15, -0.1) is 0 Å². The Morgan fingerprint density at radius 3 is 2.78 bits per heavy atom. The molecule has 1 aromatic rings. The van der Waals surface area contributed by atoms with Crippen molar-refractivity contribution in [3.8, 4) is 0 Å². The number of nitrogens with zero attached hydrogens (tertiary/aromatic N) is 1. The fourth-order valence-electron chi connectivity index (χ4n) is 2.72. The van der Waals surface area contributed by atoms with Crippen LogP contribution in [-0.2, 0) is 0 Å². The van der Waals surface area contributed by atoms with Gasteiger partial charge in [0.05, 0.1) is 5.69 Å². The van der Waals surface area contributed by atoms with Crippen molar-refractivity contribution in [2.75, 3.05) is 18.0 Å². The number of rotatable bonds is 3. The van der Waals surface area contributed by atoms with Crippen LogP contribution in [0.15, 0.2) is 27.1 Å². The third-order valence-electron chi connectivity index (χ3n) is 3.59. The molecule has 0 bridgehead atoms. The second-order valence-corrected chi connectivity index (χ2v) is 6.69. The summed E-state index contributed by atoms with van der Waals surface area (Å²) in [5.41, 5.74) is 1.31. The maximum absolute atomic E-state index is 3.67. The molecule has 1 N–H and O–H groups in total. The highest BCUT2D eigenvalue weighted by molar-refractivity contribution is 9.11. The average molecular weight is 376 g/mol. The SMILES string of the molecule is CCNC1CCN(c2ccc(Br)cc2Br)C(C)C1. The van der Waals surface area contributed by atoms with Crippen LogP contribution in [0.5, 0.6) is 0 Å². The van der Waals surface area contributed by atoms with Crippen LogP contribution in [0.25, 0.3) is 0 Å². The molecule has 2 atom stereocenters. The molecule has 0 spiro atoms. The average Bonchev–Trinajstić information content (AvgIpc) is 2.31. The zero-order valence-corrected chi connectivity index (χ0v) is 14.1. The lowest BCUT2D eigenvalue weighted by Crippen LogP contribution is -2.47. The van der Waals surface area contributed by atoms with E-state index in [1.165, 1.54) is 23.0 Å². The lowest BCUT2D eigenvalue weighted by Gasteiger charge is -2.40. The van der Waals surface area contributed by atoms with Gasteiger partial charge in [0.1, 0.15) is 0 Å². The van der Waals surface area contributed by atoms with E-state index in [4.69, 9.17) is 0 Å². The number of hydrogen-bond acceptors (Lipinski definition) is 2. The molecule has 0 saturated carbocycles. The van der Waals surface area contributed by atoms with Gasteiger partial charge in [-0.1, -0.05) is 22.9 Å². The minimum absolute atomic E-state index is 0.584. The molecule has 100 valence electrons. The Kier molecular flexibility index (Phi) is 5.10. The molecule has 2 nitrogen and oxygen atoms in total. The lowest BCUT2D eigenvalue weighted by atomic mass is 9.97. The number of hydrogen-bond donors (Lipinski definition) is 1. The summed E-state index contributed by atoms with van der Waals surface area (Å²) >= 11 is 7.18. The van der Waals surface area contributed by atoms with Crippen LogP contribution in [0.4, 0.5) is 5.69 Å². The van der Waals surface area contributed by atoms with Crippen molar-refractivity contribution in [3.05, 3.63) is 27.1 Å². The zero-order chi connectivity index (χ0) is 13.1. The van der Waals surface area contributed by atoms with Crippen LogP contribution in [-0.4, -0.2) is 25.2 Å². The van der Waals surface area contributed by atoms with E-state index in [9.17, 15) is 0 Å². The predicted octanol–water partition coefficient (Wildman–Crippen LogP) is 4.18. The number of anilines is 1. The van der Waals surface area contributed by atoms with Gasteiger partial charge in [0, 0.05) is 27.6 Å². The number of halogens is 2. The highest BCUT2D eigenvalue weighted by Gasteiger charge is 2.25. The summed E-state index contributed by atoms with van der Waals surface area (Å²) < 4.78 is 2.29. The fourth-order valence-corrected chi connectivity index (χ4v) is 3.99. The molecule has 2 unspecified atom stereocenters. The van der Waals surface area contributed by atoms with Crippen molar-refractivity contribution in [2.45, 2.75) is 38.8 Å². The first-order valence-electron chi connectivity index (χ1n) is 6.57. The normalized spacial score (nSPS) is 24.3. The molecule has 1 saturated heterocycles. The molecule has 0 aliphatic carbocycles. The van der Waals surface area contributed by atoms with Gasteiger partial charge in [-0.3, -0.25) is 0 Å². The van der Waals surface area contributed by atoms with E-state index in [0.29, 0.717) is 12.1 Å². The van der Waals surface area contributed by atoms with Crippen LogP contribution >= 0.6 is 31.9 Å². The summed E-state index contributed by atoms with van der Waals surface area (Å²) in [5.74, 6) is 0. The molecule has 0 amide bonds. The predicted molar refractivity (Wildman–Crippen MR) is 85.3 cm³/mol. The number of benzene rings is 1. The standard InChI is InChI=1S/C14H20Br2N2/c1-3-17-12-6-7-18(10(2)8-12)14-5-4-11(15)9-13(14)16/h4-5,9-10,12,17H,3,6-8H2,1-2H3. The molecule has 1 aliphatic heterocycles. The third kappa shape index (κ3) is 3.28. The summed E-state index contributed by atoms with van der Waals surface area (Å²) in [7, 11) is 0. The molecule has 1 fully saturated rings. The second-order valence-electron chi connectivity index (χ2n) is 4.92. The Bertz CT molecular complexity index is 409. The Balaban J connectivity index is 2.10. The molecule has 1 aliphatic rings. The van der Waals surface area contributed by atoms with E-state index in [2.05, 4.69) is 74.1 Å². The molecule has 1 heterocycles. The summed E-state index contributed by atoms with van der Waals surface area (Å²) in [4.78, 5) is 2.50. The monoisotopic (exact) mass is 374 g/mol. The van der Waals surface area contributed by atoms with E-state index >= 15 is 0 Å². The molecule has 0 radical (unpaired) electrons. The molecular formula is C14H20Br2N2. The molecule has 1 aromatic carbocycles. The first-order chi connectivity index (χ1) is 8.61. The van der Waals surface area contributed by atoms with Crippen molar-refractivity contribution >= 4 is 37.5 Å². The lowest BCUT2D eigenvalue weighted by molar-refractivity contribution is 0.374. The van der Waals surface area contributed by atoms with Crippen molar-refractivity contribution < 1.29 is 0 Å². The van der Waals surface area contributed by atoms with Crippen molar-refractivity contribution in [1.82, 2.24) is 5.32 Å². The summed E-state index contributed by atoms with van der Waals surface area (Å²) in [6, 6.07) is 7.69. The van der Waals surface area contributed by atoms with Crippen LogP contribution in [0.1, 0.15) is 26.7 Å². The summed E-state index contributed by atoms with van der Waals surface area (Å²) in [6.45, 7) is 6.69. The molecule has 2 rings (SSSR count). The zero-order valence-electron chi connectivity index (χ0n) is 10.9. The van der Waals surface area contributed by atoms with Gasteiger partial charge >= 0.3 is 0 Å². The van der Waals surface area contributed by atoms with Crippen molar-refractivity contribution in [3.63, 3.8) is 0 Å². The maximum atomic E-state index is 3.67. The molecular weight excluding hydrogens is 356 g/mol. The van der Waals surface area contributed by atoms with E-state index in [1.54, 1.807) is 0 Å². The van der Waals surface area contributed by atoms with E-state index in [-0.39, 0.29) is 0 Å². The Labute approximate surface area is 126 Å². The number of piperidine rings is 1. The fraction of sp³-hybridized carbons (Fsp3) is 0.571. The van der Waals surface area contributed by atoms with Gasteiger partial charge in [0.25, 0.3) is 0 Å². The largest absolute Gasteiger partial charge is 0.368 e. The van der Waals surface area contributed by atoms with E-state index < -0.39 is 0 Å². The van der Waals surface area contributed by atoms with E-state index in [1.807, 2.05) is 0 Å². The van der Waals surface area contributed by atoms with Crippen molar-refractivity contribution in [1.29, 1.82) is 0 Å². The van der Waals surface area contributed by atoms with Gasteiger partial charge in [0.15, 0.2) is 0 Å². The highest BCUT2D eigenvalue weighted by Crippen LogP contribution is 2.33. The Morgan fingerprint density at radius 2 is 2.17 bits per heavy atom. The Morgan fingerprint density at radius 1 is 1.39 bits per heavy atom. The smallest absolute Gasteiger partial charge is 0.0513 e. The Hall–Kier alpha value is -0.0600. The maximum Gasteiger partial charge on any atom is 0.0513 e.